The molecular weight excluding hydrogens is 167 g/mol. The van der Waals surface area contributed by atoms with E-state index in [4.69, 9.17) is 10.2 Å². The molecule has 0 spiro atoms. The molecule has 0 N–H and O–H groups in total. The molecular formula is C7H11O2V-. The molecule has 0 bridgehead atoms. The summed E-state index contributed by atoms with van der Waals surface area (Å²) in [7, 11) is 1.50. The Morgan fingerprint density at radius 1 is 0.900 bits per heavy atom. The molecule has 0 atom stereocenters. The summed E-state index contributed by atoms with van der Waals surface area (Å²) in [5.41, 5.74) is 0. The molecule has 0 aromatic heterocycles. The molecule has 0 heterocycles. The molecule has 0 saturated carbocycles. The van der Waals surface area contributed by atoms with Crippen molar-refractivity contribution in [2.45, 2.75) is 0 Å². The van der Waals surface area contributed by atoms with Crippen LogP contribution in [0.3, 0.4) is 0 Å². The van der Waals surface area contributed by atoms with Gasteiger partial charge in [-0.1, -0.05) is 0 Å². The first-order chi connectivity index (χ1) is 4.50. The molecule has 0 amide bonds. The third-order valence-corrected chi connectivity index (χ3v) is 0.556. The van der Waals surface area contributed by atoms with Gasteiger partial charge in [-0.05, 0) is 0 Å². The van der Waals surface area contributed by atoms with Gasteiger partial charge in [-0.3, -0.25) is 0 Å². The zero-order valence-electron chi connectivity index (χ0n) is 6.15. The van der Waals surface area contributed by atoms with E-state index in [-0.39, 0.29) is 18.6 Å². The van der Waals surface area contributed by atoms with Crippen molar-refractivity contribution in [2.75, 3.05) is 14.2 Å². The first-order valence-electron chi connectivity index (χ1n) is 2.48. The minimum Gasteiger partial charge on any atom is -0.857 e. The van der Waals surface area contributed by atoms with E-state index in [2.05, 4.69) is 0 Å². The van der Waals surface area contributed by atoms with Crippen LogP contribution in [0.1, 0.15) is 0 Å². The zero-order chi connectivity index (χ0) is 7.54. The SMILES string of the molecule is C[O-].C[O-].[V+2].c1cc[cH-]c1. The molecule has 0 fully saturated rings. The first kappa shape index (κ1) is 16.4. The van der Waals surface area contributed by atoms with Crippen molar-refractivity contribution in [2.24, 2.45) is 0 Å². The van der Waals surface area contributed by atoms with Gasteiger partial charge in [-0.15, -0.1) is 0 Å². The summed E-state index contributed by atoms with van der Waals surface area (Å²) in [5, 5.41) is 16.5. The Balaban J connectivity index is -0.0000000875. The van der Waals surface area contributed by atoms with Gasteiger partial charge in [-0.25, -0.2) is 12.1 Å². The van der Waals surface area contributed by atoms with Gasteiger partial charge < -0.3 is 10.2 Å². The maximum absolute atomic E-state index is 8.25. The van der Waals surface area contributed by atoms with Crippen LogP contribution in [0, 0.1) is 0 Å². The number of hydrogen-bond donors (Lipinski definition) is 0. The Morgan fingerprint density at radius 2 is 1.20 bits per heavy atom. The molecule has 0 aliphatic heterocycles. The van der Waals surface area contributed by atoms with Crippen LogP contribution in [0.2, 0.25) is 0 Å². The molecule has 57 valence electrons. The van der Waals surface area contributed by atoms with Crippen molar-refractivity contribution in [1.29, 1.82) is 0 Å². The zero-order valence-corrected chi connectivity index (χ0v) is 7.55. The minimum absolute atomic E-state index is 0. The first-order valence-corrected chi connectivity index (χ1v) is 2.48. The number of rotatable bonds is 0. The summed E-state index contributed by atoms with van der Waals surface area (Å²) in [5.74, 6) is 0. The van der Waals surface area contributed by atoms with Crippen molar-refractivity contribution in [3.63, 3.8) is 0 Å². The van der Waals surface area contributed by atoms with Gasteiger partial charge in [0, 0.05) is 0 Å². The maximum atomic E-state index is 8.25. The van der Waals surface area contributed by atoms with Crippen LogP contribution in [0.4, 0.5) is 0 Å². The quantitative estimate of drug-likeness (QED) is 0.496. The normalized spacial score (nSPS) is 5.20. The summed E-state index contributed by atoms with van der Waals surface area (Å²) >= 11 is 0. The molecule has 2 nitrogen and oxygen atoms in total. The van der Waals surface area contributed by atoms with Gasteiger partial charge >= 0.3 is 18.6 Å². The molecule has 10 heavy (non-hydrogen) atoms. The Bertz CT molecular complexity index is 68.1. The fourth-order valence-corrected chi connectivity index (χ4v) is 0.321. The van der Waals surface area contributed by atoms with Crippen LogP contribution in [-0.2, 0) is 18.6 Å². The van der Waals surface area contributed by atoms with Crippen molar-refractivity contribution >= 4 is 0 Å². The Morgan fingerprint density at radius 3 is 1.30 bits per heavy atom. The maximum Gasteiger partial charge on any atom is 2.00 e. The summed E-state index contributed by atoms with van der Waals surface area (Å²) < 4.78 is 0. The molecule has 0 unspecified atom stereocenters. The monoisotopic (exact) mass is 178 g/mol. The summed E-state index contributed by atoms with van der Waals surface area (Å²) in [6.45, 7) is 0. The van der Waals surface area contributed by atoms with Crippen molar-refractivity contribution in [3.8, 4) is 0 Å². The standard InChI is InChI=1S/C5H5.2CH3O.V/c1-2-4-5-3-1;2*1-2;/h1-5H;2*1H3;/q3*-1;+2. The Hall–Kier alpha value is -0.146. The summed E-state index contributed by atoms with van der Waals surface area (Å²) in [4.78, 5) is 0. The molecule has 0 aliphatic carbocycles. The van der Waals surface area contributed by atoms with E-state index in [9.17, 15) is 0 Å². The van der Waals surface area contributed by atoms with E-state index in [1.807, 2.05) is 30.3 Å². The van der Waals surface area contributed by atoms with Crippen LogP contribution >= 0.6 is 0 Å². The number of hydrogen-bond acceptors (Lipinski definition) is 2. The molecule has 1 rings (SSSR count). The van der Waals surface area contributed by atoms with E-state index in [1.165, 1.54) is 0 Å². The predicted molar refractivity (Wildman–Crippen MR) is 33.9 cm³/mol. The van der Waals surface area contributed by atoms with Crippen molar-refractivity contribution in [1.82, 2.24) is 0 Å². The average Bonchev–Trinajstić information content (AvgIpc) is 2.51. The van der Waals surface area contributed by atoms with Gasteiger partial charge in [-0.2, -0.15) is 32.4 Å². The van der Waals surface area contributed by atoms with E-state index in [0.29, 0.717) is 0 Å². The molecule has 1 aromatic carbocycles. The fourth-order valence-electron chi connectivity index (χ4n) is 0.321. The molecule has 1 radical (unpaired) electrons. The van der Waals surface area contributed by atoms with E-state index < -0.39 is 0 Å². The van der Waals surface area contributed by atoms with Crippen LogP contribution in [-0.4, -0.2) is 14.2 Å². The second-order valence-corrected chi connectivity index (χ2v) is 0.962. The average molecular weight is 178 g/mol. The predicted octanol–water partition coefficient (Wildman–Crippen LogP) is -0.644. The molecule has 0 aliphatic rings. The largest absolute Gasteiger partial charge is 2.00 e. The second kappa shape index (κ2) is 23.2. The van der Waals surface area contributed by atoms with Gasteiger partial charge in [0.05, 0.1) is 0 Å². The van der Waals surface area contributed by atoms with Crippen LogP contribution < -0.4 is 10.2 Å². The Labute approximate surface area is 73.8 Å². The van der Waals surface area contributed by atoms with Crippen LogP contribution in [0.5, 0.6) is 0 Å². The van der Waals surface area contributed by atoms with E-state index >= 15 is 0 Å². The third kappa shape index (κ3) is 15.7. The van der Waals surface area contributed by atoms with Gasteiger partial charge in [0.25, 0.3) is 0 Å². The summed E-state index contributed by atoms with van der Waals surface area (Å²) in [6, 6.07) is 10.0. The van der Waals surface area contributed by atoms with Crippen LogP contribution in [0.25, 0.3) is 0 Å². The van der Waals surface area contributed by atoms with Crippen molar-refractivity contribution in [3.05, 3.63) is 30.3 Å². The van der Waals surface area contributed by atoms with E-state index in [1.54, 1.807) is 0 Å². The van der Waals surface area contributed by atoms with Crippen molar-refractivity contribution < 1.29 is 28.8 Å². The summed E-state index contributed by atoms with van der Waals surface area (Å²) in [6.07, 6.45) is 0. The topological polar surface area (TPSA) is 46.1 Å². The van der Waals surface area contributed by atoms with E-state index in [0.717, 1.165) is 14.2 Å². The Kier molecular flexibility index (Phi) is 38.1. The van der Waals surface area contributed by atoms with Gasteiger partial charge in [0.1, 0.15) is 0 Å². The minimum atomic E-state index is 0. The van der Waals surface area contributed by atoms with Crippen LogP contribution in [0.15, 0.2) is 30.3 Å². The molecule has 1 aromatic rings. The molecule has 3 heteroatoms. The fraction of sp³-hybridized carbons (Fsp3) is 0.286. The van der Waals surface area contributed by atoms with Gasteiger partial charge in [0.15, 0.2) is 0 Å². The third-order valence-electron chi connectivity index (χ3n) is 0.556. The van der Waals surface area contributed by atoms with Gasteiger partial charge in [0.2, 0.25) is 0 Å². The molecule has 0 saturated heterocycles. The second-order valence-electron chi connectivity index (χ2n) is 0.962. The smallest absolute Gasteiger partial charge is 0.857 e.